The maximum absolute atomic E-state index is 12.2. The summed E-state index contributed by atoms with van der Waals surface area (Å²) in [4.78, 5) is 28.7. The van der Waals surface area contributed by atoms with Gasteiger partial charge in [-0.25, -0.2) is 4.79 Å². The number of aromatic nitrogens is 1. The number of rotatable bonds is 6. The first-order chi connectivity index (χ1) is 9.74. The number of hydrogen-bond donors (Lipinski definition) is 2. The highest BCUT2D eigenvalue weighted by Gasteiger charge is 2.21. The molecule has 1 aromatic heterocycles. The lowest BCUT2D eigenvalue weighted by molar-refractivity contribution is -0.131. The Hall–Kier alpha value is -2.21. The molecule has 0 saturated carbocycles. The summed E-state index contributed by atoms with van der Waals surface area (Å²) in [6.45, 7) is 4.51. The molecule has 1 rings (SSSR count). The van der Waals surface area contributed by atoms with E-state index in [2.05, 4.69) is 10.3 Å². The Labute approximate surface area is 124 Å². The van der Waals surface area contributed by atoms with Crippen molar-refractivity contribution < 1.29 is 14.7 Å². The van der Waals surface area contributed by atoms with Crippen molar-refractivity contribution in [2.75, 3.05) is 20.6 Å². The summed E-state index contributed by atoms with van der Waals surface area (Å²) in [5, 5.41) is 11.5. The van der Waals surface area contributed by atoms with Crippen LogP contribution in [0.2, 0.25) is 0 Å². The van der Waals surface area contributed by atoms with Crippen LogP contribution in [0.3, 0.4) is 0 Å². The first-order valence-electron chi connectivity index (χ1n) is 6.54. The fourth-order valence-corrected chi connectivity index (χ4v) is 1.46. The third-order valence-corrected chi connectivity index (χ3v) is 3.39. The summed E-state index contributed by atoms with van der Waals surface area (Å²) in [5.41, 5.74) is 0.692. The fraction of sp³-hybridized carbons (Fsp3) is 0.400. The number of carbonyl (C=O) groups is 2. The van der Waals surface area contributed by atoms with E-state index in [-0.39, 0.29) is 11.4 Å². The number of hydrogen-bond acceptors (Lipinski definition) is 4. The van der Waals surface area contributed by atoms with Crippen molar-refractivity contribution in [3.63, 3.8) is 0 Å². The van der Waals surface area contributed by atoms with Crippen LogP contribution in [0.1, 0.15) is 29.8 Å². The minimum Gasteiger partial charge on any atom is -0.478 e. The van der Waals surface area contributed by atoms with Crippen LogP contribution >= 0.6 is 0 Å². The molecule has 0 aliphatic rings. The molecule has 0 aliphatic heterocycles. The molecule has 1 heterocycles. The van der Waals surface area contributed by atoms with Gasteiger partial charge >= 0.3 is 5.97 Å². The van der Waals surface area contributed by atoms with E-state index in [1.807, 2.05) is 32.8 Å². The molecule has 0 bridgehead atoms. The smallest absolute Gasteiger partial charge is 0.328 e. The van der Waals surface area contributed by atoms with Crippen molar-refractivity contribution in [3.8, 4) is 0 Å². The van der Waals surface area contributed by atoms with Gasteiger partial charge in [0.2, 0.25) is 0 Å². The minimum absolute atomic E-state index is 0.181. The summed E-state index contributed by atoms with van der Waals surface area (Å²) in [7, 11) is 3.89. The van der Waals surface area contributed by atoms with Gasteiger partial charge in [-0.15, -0.1) is 0 Å². The number of nitrogens with zero attached hydrogens (tertiary/aromatic N) is 2. The molecule has 0 fully saturated rings. The quantitative estimate of drug-likeness (QED) is 0.771. The highest BCUT2D eigenvalue weighted by Crippen LogP contribution is 2.11. The molecule has 0 saturated heterocycles. The van der Waals surface area contributed by atoms with E-state index in [1.165, 1.54) is 18.5 Å². The molecule has 0 unspecified atom stereocenters. The maximum atomic E-state index is 12.2. The van der Waals surface area contributed by atoms with E-state index in [4.69, 9.17) is 5.11 Å². The summed E-state index contributed by atoms with van der Waals surface area (Å²) in [6, 6.07) is 1.57. The highest BCUT2D eigenvalue weighted by atomic mass is 16.4. The van der Waals surface area contributed by atoms with Crippen molar-refractivity contribution in [1.82, 2.24) is 15.2 Å². The van der Waals surface area contributed by atoms with E-state index >= 15 is 0 Å². The molecular weight excluding hydrogens is 270 g/mol. The Kier molecular flexibility index (Phi) is 5.60. The van der Waals surface area contributed by atoms with Crippen molar-refractivity contribution in [2.24, 2.45) is 0 Å². The fourth-order valence-electron chi connectivity index (χ4n) is 1.46. The third-order valence-electron chi connectivity index (χ3n) is 3.39. The Morgan fingerprint density at radius 1 is 1.43 bits per heavy atom. The number of pyridine rings is 1. The summed E-state index contributed by atoms with van der Waals surface area (Å²) in [6.07, 6.45) is 5.31. The van der Waals surface area contributed by atoms with Gasteiger partial charge in [0.05, 0.1) is 0 Å². The second-order valence-corrected chi connectivity index (χ2v) is 5.52. The SMILES string of the molecule is CN(C)C(C)(C)CNC(=O)c1ccncc1C=CC(=O)O. The van der Waals surface area contributed by atoms with Gasteiger partial charge < -0.3 is 15.3 Å². The lowest BCUT2D eigenvalue weighted by atomic mass is 10.0. The second kappa shape index (κ2) is 6.99. The molecule has 0 radical (unpaired) electrons. The Bertz CT molecular complexity index is 551. The zero-order valence-corrected chi connectivity index (χ0v) is 12.8. The number of carboxylic acids is 1. The molecule has 6 nitrogen and oxygen atoms in total. The van der Waals surface area contributed by atoms with Gasteiger partial charge in [-0.05, 0) is 40.1 Å². The molecule has 0 aliphatic carbocycles. The number of aliphatic carboxylic acids is 1. The van der Waals surface area contributed by atoms with Crippen LogP contribution in [0.15, 0.2) is 24.5 Å². The molecule has 0 spiro atoms. The highest BCUT2D eigenvalue weighted by molar-refractivity contribution is 5.98. The lowest BCUT2D eigenvalue weighted by Crippen LogP contribution is -2.48. The van der Waals surface area contributed by atoms with Gasteiger partial charge in [0, 0.05) is 41.7 Å². The van der Waals surface area contributed by atoms with Crippen LogP contribution in [0.4, 0.5) is 0 Å². The normalized spacial score (nSPS) is 11.9. The third kappa shape index (κ3) is 5.00. The summed E-state index contributed by atoms with van der Waals surface area (Å²) in [5.74, 6) is -1.32. The standard InChI is InChI=1S/C15H21N3O3/c1-15(2,18(3)4)10-17-14(21)12-7-8-16-9-11(12)5-6-13(19)20/h5-9H,10H2,1-4H3,(H,17,21)(H,19,20). The van der Waals surface area contributed by atoms with Gasteiger partial charge in [-0.1, -0.05) is 0 Å². The zero-order chi connectivity index (χ0) is 16.0. The second-order valence-electron chi connectivity index (χ2n) is 5.52. The van der Waals surface area contributed by atoms with Gasteiger partial charge in [-0.3, -0.25) is 9.78 Å². The van der Waals surface area contributed by atoms with Crippen molar-refractivity contribution in [2.45, 2.75) is 19.4 Å². The molecule has 0 aromatic carbocycles. The summed E-state index contributed by atoms with van der Waals surface area (Å²) >= 11 is 0. The average Bonchev–Trinajstić information content (AvgIpc) is 2.42. The largest absolute Gasteiger partial charge is 0.478 e. The number of likely N-dealkylation sites (N-methyl/N-ethyl adjacent to an activating group) is 1. The van der Waals surface area contributed by atoms with Gasteiger partial charge in [0.1, 0.15) is 0 Å². The number of carbonyl (C=O) groups excluding carboxylic acids is 1. The van der Waals surface area contributed by atoms with Crippen LogP contribution in [-0.4, -0.2) is 53.0 Å². The Morgan fingerprint density at radius 2 is 2.10 bits per heavy atom. The number of carboxylic acid groups (broad SMARTS) is 1. The number of nitrogens with one attached hydrogen (secondary N) is 1. The summed E-state index contributed by atoms with van der Waals surface area (Å²) < 4.78 is 0. The van der Waals surface area contributed by atoms with E-state index in [0.717, 1.165) is 6.08 Å². The first-order valence-corrected chi connectivity index (χ1v) is 6.54. The molecule has 6 heteroatoms. The van der Waals surface area contributed by atoms with E-state index < -0.39 is 5.97 Å². The minimum atomic E-state index is -1.07. The zero-order valence-electron chi connectivity index (χ0n) is 12.8. The molecule has 0 atom stereocenters. The van der Waals surface area contributed by atoms with Crippen LogP contribution in [-0.2, 0) is 4.79 Å². The van der Waals surface area contributed by atoms with Crippen LogP contribution < -0.4 is 5.32 Å². The van der Waals surface area contributed by atoms with Crippen molar-refractivity contribution in [3.05, 3.63) is 35.7 Å². The number of amides is 1. The Balaban J connectivity index is 2.86. The molecule has 1 aromatic rings. The van der Waals surface area contributed by atoms with Crippen LogP contribution in [0.5, 0.6) is 0 Å². The first kappa shape index (κ1) is 16.8. The predicted octanol–water partition coefficient (Wildman–Crippen LogP) is 1.25. The van der Waals surface area contributed by atoms with Gasteiger partial charge in [0.15, 0.2) is 0 Å². The monoisotopic (exact) mass is 291 g/mol. The molecular formula is C15H21N3O3. The lowest BCUT2D eigenvalue weighted by Gasteiger charge is -2.32. The topological polar surface area (TPSA) is 82.5 Å². The van der Waals surface area contributed by atoms with E-state index in [0.29, 0.717) is 17.7 Å². The van der Waals surface area contributed by atoms with Gasteiger partial charge in [-0.2, -0.15) is 0 Å². The Morgan fingerprint density at radius 3 is 2.67 bits per heavy atom. The van der Waals surface area contributed by atoms with Crippen LogP contribution in [0.25, 0.3) is 6.08 Å². The average molecular weight is 291 g/mol. The molecule has 1 amide bonds. The van der Waals surface area contributed by atoms with E-state index in [1.54, 1.807) is 6.07 Å². The molecule has 114 valence electrons. The van der Waals surface area contributed by atoms with Crippen LogP contribution in [0, 0.1) is 0 Å². The molecule has 21 heavy (non-hydrogen) atoms. The van der Waals surface area contributed by atoms with Gasteiger partial charge in [0.25, 0.3) is 5.91 Å². The van der Waals surface area contributed by atoms with Crippen molar-refractivity contribution in [1.29, 1.82) is 0 Å². The molecule has 2 N–H and O–H groups in total. The predicted molar refractivity (Wildman–Crippen MR) is 81.0 cm³/mol. The van der Waals surface area contributed by atoms with Crippen molar-refractivity contribution >= 4 is 18.0 Å². The van der Waals surface area contributed by atoms with E-state index in [9.17, 15) is 9.59 Å². The maximum Gasteiger partial charge on any atom is 0.328 e.